The van der Waals surface area contributed by atoms with Gasteiger partial charge in [-0.3, -0.25) is 0 Å². The molecule has 2 amide bonds. The van der Waals surface area contributed by atoms with Gasteiger partial charge in [0.25, 0.3) is 0 Å². The van der Waals surface area contributed by atoms with E-state index in [1.54, 1.807) is 14.0 Å². The molecule has 1 saturated heterocycles. The van der Waals surface area contributed by atoms with Crippen molar-refractivity contribution in [3.8, 4) is 6.07 Å². The molecule has 7 heteroatoms. The average molecular weight is 269 g/mol. The zero-order chi connectivity index (χ0) is 14.6. The second kappa shape index (κ2) is 6.38. The van der Waals surface area contributed by atoms with Crippen LogP contribution in [0.4, 0.5) is 4.79 Å². The van der Waals surface area contributed by atoms with Crippen LogP contribution in [0.5, 0.6) is 0 Å². The van der Waals surface area contributed by atoms with Crippen molar-refractivity contribution in [2.24, 2.45) is 0 Å². The number of nitriles is 1. The van der Waals surface area contributed by atoms with Crippen LogP contribution in [-0.4, -0.2) is 65.8 Å². The molecule has 1 fully saturated rings. The molecule has 106 valence electrons. The number of methoxy groups -OCH3 is 1. The summed E-state index contributed by atoms with van der Waals surface area (Å²) in [6, 6.07) is 0.492. The fourth-order valence-electron chi connectivity index (χ4n) is 2.07. The van der Waals surface area contributed by atoms with E-state index < -0.39 is 12.0 Å². The first-order chi connectivity index (χ1) is 8.92. The van der Waals surface area contributed by atoms with Crippen molar-refractivity contribution in [2.75, 3.05) is 20.7 Å². The second-order valence-electron chi connectivity index (χ2n) is 4.70. The number of aliphatic carboxylic acids is 1. The van der Waals surface area contributed by atoms with E-state index in [0.29, 0.717) is 0 Å². The number of rotatable bonds is 4. The number of ether oxygens (including phenoxy) is 1. The lowest BCUT2D eigenvalue weighted by Gasteiger charge is -2.30. The molecule has 0 bridgehead atoms. The molecule has 0 spiro atoms. The van der Waals surface area contributed by atoms with Crippen molar-refractivity contribution < 1.29 is 19.4 Å². The summed E-state index contributed by atoms with van der Waals surface area (Å²) in [4.78, 5) is 26.1. The molecule has 0 aromatic heterocycles. The van der Waals surface area contributed by atoms with Crippen molar-refractivity contribution in [3.05, 3.63) is 0 Å². The van der Waals surface area contributed by atoms with Gasteiger partial charge in [-0.2, -0.15) is 5.26 Å². The zero-order valence-electron chi connectivity index (χ0n) is 11.4. The summed E-state index contributed by atoms with van der Waals surface area (Å²) in [5, 5.41) is 17.8. The number of nitrogens with zero attached hydrogens (tertiary/aromatic N) is 3. The summed E-state index contributed by atoms with van der Waals surface area (Å²) < 4.78 is 5.13. The van der Waals surface area contributed by atoms with Crippen LogP contribution in [0.2, 0.25) is 0 Å². The standard InChI is InChI=1S/C12H19N3O4/c1-8(4-5-13)14(2)12(18)15-7-9(19-3)6-10(15)11(16)17/h8-10H,4,6-7H2,1-3H3,(H,16,17). The largest absolute Gasteiger partial charge is 0.480 e. The van der Waals surface area contributed by atoms with Gasteiger partial charge >= 0.3 is 12.0 Å². The maximum absolute atomic E-state index is 12.3. The fraction of sp³-hybridized carbons (Fsp3) is 0.750. The maximum Gasteiger partial charge on any atom is 0.326 e. The summed E-state index contributed by atoms with van der Waals surface area (Å²) in [7, 11) is 3.07. The smallest absolute Gasteiger partial charge is 0.326 e. The highest BCUT2D eigenvalue weighted by Crippen LogP contribution is 2.22. The lowest BCUT2D eigenvalue weighted by atomic mass is 10.2. The quantitative estimate of drug-likeness (QED) is 0.802. The van der Waals surface area contributed by atoms with Crippen LogP contribution in [0.15, 0.2) is 0 Å². The lowest BCUT2D eigenvalue weighted by molar-refractivity contribution is -0.141. The lowest BCUT2D eigenvalue weighted by Crippen LogP contribution is -2.49. The van der Waals surface area contributed by atoms with Gasteiger partial charge in [-0.05, 0) is 6.92 Å². The molecule has 7 nitrogen and oxygen atoms in total. The third kappa shape index (κ3) is 3.35. The van der Waals surface area contributed by atoms with Gasteiger partial charge in [0.15, 0.2) is 0 Å². The highest BCUT2D eigenvalue weighted by atomic mass is 16.5. The topological polar surface area (TPSA) is 93.9 Å². The molecule has 3 atom stereocenters. The minimum absolute atomic E-state index is 0.210. The monoisotopic (exact) mass is 269 g/mol. The van der Waals surface area contributed by atoms with Crippen LogP contribution in [0.25, 0.3) is 0 Å². The Hall–Kier alpha value is -1.81. The Kier molecular flexibility index (Phi) is 5.12. The normalized spacial score (nSPS) is 23.8. The molecule has 1 heterocycles. The van der Waals surface area contributed by atoms with Gasteiger partial charge in [-0.1, -0.05) is 0 Å². The van der Waals surface area contributed by atoms with E-state index in [-0.39, 0.29) is 37.6 Å². The number of hydrogen-bond donors (Lipinski definition) is 1. The van der Waals surface area contributed by atoms with Crippen molar-refractivity contribution in [1.29, 1.82) is 5.26 Å². The third-order valence-electron chi connectivity index (χ3n) is 3.48. The number of carbonyl (C=O) groups excluding carboxylic acids is 1. The van der Waals surface area contributed by atoms with E-state index in [1.807, 2.05) is 6.07 Å². The summed E-state index contributed by atoms with van der Waals surface area (Å²) >= 11 is 0. The van der Waals surface area contributed by atoms with Gasteiger partial charge < -0.3 is 19.6 Å². The van der Waals surface area contributed by atoms with Gasteiger partial charge in [-0.15, -0.1) is 0 Å². The molecule has 0 aliphatic carbocycles. The number of carboxylic acid groups (broad SMARTS) is 1. The molecule has 0 radical (unpaired) electrons. The fourth-order valence-corrected chi connectivity index (χ4v) is 2.07. The van der Waals surface area contributed by atoms with Crippen LogP contribution in [-0.2, 0) is 9.53 Å². The van der Waals surface area contributed by atoms with E-state index in [9.17, 15) is 9.59 Å². The van der Waals surface area contributed by atoms with E-state index >= 15 is 0 Å². The number of urea groups is 1. The molecule has 1 N–H and O–H groups in total. The number of likely N-dealkylation sites (tertiary alicyclic amines) is 1. The van der Waals surface area contributed by atoms with Gasteiger partial charge in [0.1, 0.15) is 6.04 Å². The van der Waals surface area contributed by atoms with Crippen LogP contribution < -0.4 is 0 Å². The summed E-state index contributed by atoms with van der Waals surface area (Å²) in [6.07, 6.45) is 0.240. The third-order valence-corrected chi connectivity index (χ3v) is 3.48. The van der Waals surface area contributed by atoms with Gasteiger partial charge in [0, 0.05) is 33.2 Å². The van der Waals surface area contributed by atoms with E-state index in [2.05, 4.69) is 0 Å². The Bertz CT molecular complexity index is 393. The van der Waals surface area contributed by atoms with Crippen LogP contribution in [0.3, 0.4) is 0 Å². The Morgan fingerprint density at radius 1 is 1.63 bits per heavy atom. The Morgan fingerprint density at radius 2 is 2.26 bits per heavy atom. The highest BCUT2D eigenvalue weighted by molar-refractivity contribution is 5.83. The van der Waals surface area contributed by atoms with Crippen LogP contribution in [0, 0.1) is 11.3 Å². The minimum atomic E-state index is -1.03. The first kappa shape index (κ1) is 15.2. The zero-order valence-corrected chi connectivity index (χ0v) is 11.4. The Labute approximate surface area is 112 Å². The summed E-state index contributed by atoms with van der Waals surface area (Å²) in [5.41, 5.74) is 0. The molecule has 0 aromatic rings. The Morgan fingerprint density at radius 3 is 2.74 bits per heavy atom. The first-order valence-electron chi connectivity index (χ1n) is 6.08. The second-order valence-corrected chi connectivity index (χ2v) is 4.70. The van der Waals surface area contributed by atoms with E-state index in [4.69, 9.17) is 15.1 Å². The molecular formula is C12H19N3O4. The highest BCUT2D eigenvalue weighted by Gasteiger charge is 2.41. The molecular weight excluding hydrogens is 250 g/mol. The molecule has 1 rings (SSSR count). The van der Waals surface area contributed by atoms with Gasteiger partial charge in [0.05, 0.1) is 18.6 Å². The minimum Gasteiger partial charge on any atom is -0.480 e. The number of carboxylic acids is 1. The average Bonchev–Trinajstić information content (AvgIpc) is 2.81. The van der Waals surface area contributed by atoms with Crippen molar-refractivity contribution in [2.45, 2.75) is 38.0 Å². The number of carbonyl (C=O) groups is 2. The first-order valence-corrected chi connectivity index (χ1v) is 6.08. The maximum atomic E-state index is 12.3. The molecule has 19 heavy (non-hydrogen) atoms. The predicted octanol–water partition coefficient (Wildman–Crippen LogP) is 0.514. The predicted molar refractivity (Wildman–Crippen MR) is 66.4 cm³/mol. The van der Waals surface area contributed by atoms with E-state index in [1.165, 1.54) is 16.9 Å². The van der Waals surface area contributed by atoms with Crippen molar-refractivity contribution in [3.63, 3.8) is 0 Å². The van der Waals surface area contributed by atoms with Gasteiger partial charge in [0.2, 0.25) is 0 Å². The van der Waals surface area contributed by atoms with Crippen molar-refractivity contribution in [1.82, 2.24) is 9.80 Å². The van der Waals surface area contributed by atoms with Crippen LogP contribution in [0.1, 0.15) is 19.8 Å². The molecule has 0 saturated carbocycles. The van der Waals surface area contributed by atoms with Crippen molar-refractivity contribution >= 4 is 12.0 Å². The van der Waals surface area contributed by atoms with Gasteiger partial charge in [-0.25, -0.2) is 9.59 Å². The molecule has 0 aromatic carbocycles. The van der Waals surface area contributed by atoms with E-state index in [0.717, 1.165) is 0 Å². The number of amides is 2. The van der Waals surface area contributed by atoms with Crippen LogP contribution >= 0.6 is 0 Å². The SMILES string of the molecule is COC1CC(C(=O)O)N(C(=O)N(C)C(C)CC#N)C1. The summed E-state index contributed by atoms with van der Waals surface area (Å²) in [5.74, 6) is -1.03. The molecule has 1 aliphatic heterocycles. The Balaban J connectivity index is 2.79. The number of hydrogen-bond acceptors (Lipinski definition) is 4. The summed E-state index contributed by atoms with van der Waals surface area (Å²) in [6.45, 7) is 2.01. The molecule has 3 unspecified atom stereocenters. The molecule has 1 aliphatic rings.